The second-order valence-electron chi connectivity index (χ2n) is 7.56. The van der Waals surface area contributed by atoms with Crippen molar-refractivity contribution < 1.29 is 31.3 Å². The number of hydrogen-bond acceptors (Lipinski definition) is 7. The third kappa shape index (κ3) is 5.39. The number of halogens is 3. The van der Waals surface area contributed by atoms with Crippen LogP contribution in [0.15, 0.2) is 70.4 Å². The number of aromatic nitrogens is 2. The first kappa shape index (κ1) is 26.0. The van der Waals surface area contributed by atoms with Crippen molar-refractivity contribution in [2.45, 2.75) is 18.2 Å². The van der Waals surface area contributed by atoms with Crippen LogP contribution in [0, 0.1) is 11.6 Å². The SMILES string of the molecule is CCC(=O)N(c1ccc(S(=O)(=O)Nc2ccon2)cn1)c1cc(F)c(-c2ccc(Cl)c(F)c2)cc1OC. The molecule has 9 nitrogen and oxygen atoms in total. The van der Waals surface area contributed by atoms with E-state index in [4.69, 9.17) is 16.3 Å². The van der Waals surface area contributed by atoms with Gasteiger partial charge in [-0.15, -0.1) is 0 Å². The van der Waals surface area contributed by atoms with Gasteiger partial charge in [0.25, 0.3) is 10.0 Å². The van der Waals surface area contributed by atoms with Gasteiger partial charge in [0.05, 0.1) is 17.8 Å². The number of nitrogens with one attached hydrogen (secondary N) is 1. The molecule has 13 heteroatoms. The number of benzene rings is 2. The van der Waals surface area contributed by atoms with Crippen molar-refractivity contribution in [3.63, 3.8) is 0 Å². The highest BCUT2D eigenvalue weighted by Crippen LogP contribution is 2.39. The van der Waals surface area contributed by atoms with E-state index in [9.17, 15) is 17.6 Å². The first-order valence-electron chi connectivity index (χ1n) is 10.7. The zero-order valence-corrected chi connectivity index (χ0v) is 21.0. The van der Waals surface area contributed by atoms with Crippen molar-refractivity contribution in [1.82, 2.24) is 10.1 Å². The van der Waals surface area contributed by atoms with E-state index in [1.165, 1.54) is 49.8 Å². The minimum absolute atomic E-state index is 0.0182. The van der Waals surface area contributed by atoms with Crippen LogP contribution in [0.4, 0.5) is 26.1 Å². The molecule has 0 bridgehead atoms. The fourth-order valence-corrected chi connectivity index (χ4v) is 4.49. The number of anilines is 3. The standard InChI is InChI=1S/C24H19ClF2N4O5S/c1-3-24(32)31(23-7-5-15(13-28-23)37(33,34)30-22-8-9-36-29-22)20-12-18(26)16(11-21(20)35-2)14-4-6-17(25)19(27)10-14/h4-13H,3H2,1-2H3,(H,29,30). The van der Waals surface area contributed by atoms with E-state index in [0.29, 0.717) is 0 Å². The number of rotatable bonds is 8. The van der Waals surface area contributed by atoms with Gasteiger partial charge in [-0.1, -0.05) is 29.7 Å². The van der Waals surface area contributed by atoms with Gasteiger partial charge in [-0.2, -0.15) is 0 Å². The summed E-state index contributed by atoms with van der Waals surface area (Å²) in [5, 5.41) is 3.39. The third-order valence-corrected chi connectivity index (χ3v) is 6.88. The fourth-order valence-electron chi connectivity index (χ4n) is 3.44. The maximum atomic E-state index is 15.3. The van der Waals surface area contributed by atoms with Crippen LogP contribution in [0.2, 0.25) is 5.02 Å². The van der Waals surface area contributed by atoms with Crippen LogP contribution in [0.5, 0.6) is 5.75 Å². The van der Waals surface area contributed by atoms with Gasteiger partial charge in [-0.3, -0.25) is 14.4 Å². The topological polar surface area (TPSA) is 115 Å². The van der Waals surface area contributed by atoms with Gasteiger partial charge < -0.3 is 9.26 Å². The number of sulfonamides is 1. The Balaban J connectivity index is 1.75. The second-order valence-corrected chi connectivity index (χ2v) is 9.65. The van der Waals surface area contributed by atoms with Crippen molar-refractivity contribution in [3.8, 4) is 16.9 Å². The molecule has 4 aromatic rings. The van der Waals surface area contributed by atoms with Crippen LogP contribution < -0.4 is 14.4 Å². The molecule has 2 aromatic heterocycles. The Bertz CT molecular complexity index is 1550. The highest BCUT2D eigenvalue weighted by molar-refractivity contribution is 7.92. The van der Waals surface area contributed by atoms with Crippen LogP contribution in [0.25, 0.3) is 11.1 Å². The van der Waals surface area contributed by atoms with Crippen molar-refractivity contribution in [3.05, 3.63) is 77.6 Å². The van der Waals surface area contributed by atoms with E-state index >= 15 is 4.39 Å². The molecule has 1 amide bonds. The monoisotopic (exact) mass is 548 g/mol. The third-order valence-electron chi connectivity index (χ3n) is 5.23. The summed E-state index contributed by atoms with van der Waals surface area (Å²) >= 11 is 5.73. The van der Waals surface area contributed by atoms with Crippen molar-refractivity contribution in [2.24, 2.45) is 0 Å². The fraction of sp³-hybridized carbons (Fsp3) is 0.125. The van der Waals surface area contributed by atoms with Gasteiger partial charge in [0.1, 0.15) is 34.4 Å². The molecule has 0 radical (unpaired) electrons. The first-order chi connectivity index (χ1) is 17.6. The summed E-state index contributed by atoms with van der Waals surface area (Å²) in [6.45, 7) is 1.60. The Morgan fingerprint density at radius 2 is 1.92 bits per heavy atom. The maximum absolute atomic E-state index is 15.3. The molecular weight excluding hydrogens is 530 g/mol. The Morgan fingerprint density at radius 1 is 1.14 bits per heavy atom. The minimum Gasteiger partial charge on any atom is -0.495 e. The van der Waals surface area contributed by atoms with Gasteiger partial charge >= 0.3 is 0 Å². The van der Waals surface area contributed by atoms with E-state index in [1.807, 2.05) is 0 Å². The largest absolute Gasteiger partial charge is 0.495 e. The van der Waals surface area contributed by atoms with Crippen LogP contribution in [-0.2, 0) is 14.8 Å². The van der Waals surface area contributed by atoms with Gasteiger partial charge in [0.2, 0.25) is 5.91 Å². The Morgan fingerprint density at radius 3 is 2.51 bits per heavy atom. The van der Waals surface area contributed by atoms with E-state index in [0.717, 1.165) is 23.2 Å². The molecule has 1 N–H and O–H groups in total. The first-order valence-corrected chi connectivity index (χ1v) is 12.6. The lowest BCUT2D eigenvalue weighted by molar-refractivity contribution is -0.117. The summed E-state index contributed by atoms with van der Waals surface area (Å²) in [5.41, 5.74) is 0.257. The number of amides is 1. The van der Waals surface area contributed by atoms with E-state index in [2.05, 4.69) is 19.4 Å². The van der Waals surface area contributed by atoms with Crippen molar-refractivity contribution >= 4 is 44.9 Å². The molecule has 192 valence electrons. The Kier molecular flexibility index (Phi) is 7.41. The molecule has 0 atom stereocenters. The Hall–Kier alpha value is -4.03. The van der Waals surface area contributed by atoms with Crippen LogP contribution in [-0.4, -0.2) is 31.6 Å². The predicted molar refractivity (Wildman–Crippen MR) is 132 cm³/mol. The lowest BCUT2D eigenvalue weighted by Crippen LogP contribution is -2.26. The van der Waals surface area contributed by atoms with E-state index in [1.54, 1.807) is 6.92 Å². The van der Waals surface area contributed by atoms with Crippen LogP contribution >= 0.6 is 11.6 Å². The molecule has 2 heterocycles. The number of pyridine rings is 1. The van der Waals surface area contributed by atoms with Gasteiger partial charge in [-0.05, 0) is 35.9 Å². The molecular formula is C24H19ClF2N4O5S. The number of carbonyl (C=O) groups excluding carboxylic acids is 1. The highest BCUT2D eigenvalue weighted by Gasteiger charge is 2.25. The summed E-state index contributed by atoms with van der Waals surface area (Å²) in [7, 11) is -2.71. The number of nitrogens with zero attached hydrogens (tertiary/aromatic N) is 3. The molecule has 2 aromatic carbocycles. The molecule has 0 fully saturated rings. The molecule has 0 unspecified atom stereocenters. The van der Waals surface area contributed by atoms with Crippen molar-refractivity contribution in [1.29, 1.82) is 0 Å². The lowest BCUT2D eigenvalue weighted by atomic mass is 10.0. The van der Waals surface area contributed by atoms with Gasteiger partial charge in [0, 0.05) is 30.3 Å². The molecule has 4 rings (SSSR count). The van der Waals surface area contributed by atoms with Gasteiger partial charge in [-0.25, -0.2) is 22.2 Å². The smallest absolute Gasteiger partial charge is 0.264 e. The number of carbonyl (C=O) groups is 1. The van der Waals surface area contributed by atoms with Crippen LogP contribution in [0.3, 0.4) is 0 Å². The van der Waals surface area contributed by atoms with Crippen LogP contribution in [0.1, 0.15) is 13.3 Å². The zero-order valence-electron chi connectivity index (χ0n) is 19.4. The average Bonchev–Trinajstić information content (AvgIpc) is 3.38. The van der Waals surface area contributed by atoms with Crippen molar-refractivity contribution in [2.75, 3.05) is 16.7 Å². The summed E-state index contributed by atoms with van der Waals surface area (Å²) in [6.07, 6.45) is 2.26. The van der Waals surface area contributed by atoms with Gasteiger partial charge in [0.15, 0.2) is 5.82 Å². The summed E-state index contributed by atoms with van der Waals surface area (Å²) in [4.78, 5) is 17.9. The lowest BCUT2D eigenvalue weighted by Gasteiger charge is -2.24. The maximum Gasteiger partial charge on any atom is 0.264 e. The summed E-state index contributed by atoms with van der Waals surface area (Å²) < 4.78 is 66.7. The highest BCUT2D eigenvalue weighted by atomic mass is 35.5. The van der Waals surface area contributed by atoms with E-state index < -0.39 is 27.6 Å². The number of ether oxygens (including phenoxy) is 1. The molecule has 0 spiro atoms. The zero-order chi connectivity index (χ0) is 26.7. The molecule has 0 saturated heterocycles. The number of hydrogen-bond donors (Lipinski definition) is 1. The minimum atomic E-state index is -4.04. The summed E-state index contributed by atoms with van der Waals surface area (Å²) in [5.74, 6) is -1.85. The quantitative estimate of drug-likeness (QED) is 0.307. The number of methoxy groups -OCH3 is 1. The molecule has 0 aliphatic rings. The molecule has 37 heavy (non-hydrogen) atoms. The second kappa shape index (κ2) is 10.5. The summed E-state index contributed by atoms with van der Waals surface area (Å²) in [6, 6.07) is 10.1. The predicted octanol–water partition coefficient (Wildman–Crippen LogP) is 5.55. The molecule has 0 saturated carbocycles. The molecule has 0 aliphatic carbocycles. The average molecular weight is 549 g/mol. The Labute approximate surface area is 215 Å². The van der Waals surface area contributed by atoms with E-state index in [-0.39, 0.29) is 50.5 Å². The normalized spacial score (nSPS) is 11.3. The molecule has 0 aliphatic heterocycles.